The van der Waals surface area contributed by atoms with Crippen LogP contribution in [0.15, 0.2) is 162 Å². The summed E-state index contributed by atoms with van der Waals surface area (Å²) in [5.74, 6) is 0. The van der Waals surface area contributed by atoms with Crippen molar-refractivity contribution >= 4 is 43.5 Å². The van der Waals surface area contributed by atoms with Gasteiger partial charge in [0.15, 0.2) is 0 Å². The van der Waals surface area contributed by atoms with Crippen LogP contribution in [-0.2, 0) is 0 Å². The van der Waals surface area contributed by atoms with Crippen molar-refractivity contribution in [2.75, 3.05) is 0 Å². The number of benzene rings is 8. The predicted octanol–water partition coefficient (Wildman–Crippen LogP) is 12.5. The van der Waals surface area contributed by atoms with Crippen molar-refractivity contribution < 1.29 is 4.42 Å². The summed E-state index contributed by atoms with van der Waals surface area (Å²) < 4.78 is 6.23. The van der Waals surface area contributed by atoms with Crippen LogP contribution in [0.5, 0.6) is 0 Å². The highest BCUT2D eigenvalue weighted by Gasteiger charge is 2.21. The number of rotatable bonds is 3. The van der Waals surface area contributed by atoms with Crippen LogP contribution in [0, 0.1) is 0 Å². The van der Waals surface area contributed by atoms with Crippen molar-refractivity contribution in [2.45, 2.75) is 0 Å². The molecule has 1 nitrogen and oxygen atoms in total. The molecule has 0 atom stereocenters. The Kier molecular flexibility index (Phi) is 5.06. The maximum atomic E-state index is 6.23. The third kappa shape index (κ3) is 3.74. The molecular weight excluding hydrogens is 544 g/mol. The van der Waals surface area contributed by atoms with Crippen LogP contribution in [-0.4, -0.2) is 0 Å². The Labute approximate surface area is 260 Å². The highest BCUT2D eigenvalue weighted by atomic mass is 16.3. The van der Waals surface area contributed by atoms with Crippen LogP contribution in [0.3, 0.4) is 0 Å². The molecule has 0 radical (unpaired) electrons. The molecule has 0 N–H and O–H groups in total. The Morgan fingerprint density at radius 3 is 1.53 bits per heavy atom. The molecular formula is C44H26O. The van der Waals surface area contributed by atoms with Crippen LogP contribution >= 0.6 is 0 Å². The molecule has 0 saturated carbocycles. The normalized spacial score (nSPS) is 12.0. The van der Waals surface area contributed by atoms with Gasteiger partial charge in [0.05, 0.1) is 0 Å². The van der Waals surface area contributed by atoms with Gasteiger partial charge in [0.1, 0.15) is 11.2 Å². The molecule has 0 unspecified atom stereocenters. The van der Waals surface area contributed by atoms with Gasteiger partial charge in [-0.3, -0.25) is 0 Å². The standard InChI is InChI=1S/C44H26O/c1-2-7-27(8-3-1)32-17-19-42-39(24-32)40-25-33(18-20-43(40)45-42)30-14-13-29-22-31(16-15-28(29)21-30)35-23-34-9-6-12-38-36-10-4-5-11-37(36)41(26-35)44(34)38/h1-26H. The zero-order valence-electron chi connectivity index (χ0n) is 24.4. The fraction of sp³-hybridized carbons (Fsp3) is 0. The lowest BCUT2D eigenvalue weighted by Crippen LogP contribution is -1.84. The summed E-state index contributed by atoms with van der Waals surface area (Å²) in [6, 6.07) is 57.4. The van der Waals surface area contributed by atoms with Crippen molar-refractivity contribution in [3.63, 3.8) is 0 Å². The van der Waals surface area contributed by atoms with Crippen LogP contribution < -0.4 is 0 Å². The maximum absolute atomic E-state index is 6.23. The zero-order chi connectivity index (χ0) is 29.5. The Morgan fingerprint density at radius 2 is 0.822 bits per heavy atom. The molecule has 0 bridgehead atoms. The molecule has 45 heavy (non-hydrogen) atoms. The van der Waals surface area contributed by atoms with E-state index in [1.54, 1.807) is 0 Å². The number of fused-ring (bicyclic) bond motifs is 7. The zero-order valence-corrected chi connectivity index (χ0v) is 24.4. The molecule has 1 aromatic heterocycles. The van der Waals surface area contributed by atoms with Crippen molar-refractivity contribution in [3.8, 4) is 55.6 Å². The fourth-order valence-electron chi connectivity index (χ4n) is 7.36. The lowest BCUT2D eigenvalue weighted by atomic mass is 9.94. The molecule has 8 aromatic carbocycles. The van der Waals surface area contributed by atoms with E-state index < -0.39 is 0 Å². The van der Waals surface area contributed by atoms with Crippen LogP contribution in [0.25, 0.3) is 99.1 Å². The van der Waals surface area contributed by atoms with Crippen molar-refractivity contribution in [1.29, 1.82) is 0 Å². The lowest BCUT2D eigenvalue weighted by Gasteiger charge is -2.10. The smallest absolute Gasteiger partial charge is 0.135 e. The summed E-state index contributed by atoms with van der Waals surface area (Å²) in [6.45, 7) is 0. The highest BCUT2D eigenvalue weighted by molar-refractivity contribution is 6.16. The van der Waals surface area contributed by atoms with Gasteiger partial charge in [-0.1, -0.05) is 109 Å². The van der Waals surface area contributed by atoms with E-state index in [9.17, 15) is 0 Å². The van der Waals surface area contributed by atoms with E-state index in [4.69, 9.17) is 4.42 Å². The summed E-state index contributed by atoms with van der Waals surface area (Å²) in [5, 5.41) is 7.43. The monoisotopic (exact) mass is 570 g/mol. The average Bonchev–Trinajstić information content (AvgIpc) is 3.64. The van der Waals surface area contributed by atoms with Gasteiger partial charge in [0.2, 0.25) is 0 Å². The van der Waals surface area contributed by atoms with Gasteiger partial charge in [0, 0.05) is 10.8 Å². The third-order valence-electron chi connectivity index (χ3n) is 9.57. The second-order valence-electron chi connectivity index (χ2n) is 12.1. The molecule has 0 fully saturated rings. The maximum Gasteiger partial charge on any atom is 0.135 e. The summed E-state index contributed by atoms with van der Waals surface area (Å²) in [6.07, 6.45) is 0. The predicted molar refractivity (Wildman–Crippen MR) is 189 cm³/mol. The topological polar surface area (TPSA) is 13.1 Å². The first kappa shape index (κ1) is 24.5. The van der Waals surface area contributed by atoms with E-state index in [0.29, 0.717) is 0 Å². The van der Waals surface area contributed by atoms with Gasteiger partial charge < -0.3 is 4.42 Å². The number of hydrogen-bond acceptors (Lipinski definition) is 1. The second kappa shape index (κ2) is 9.29. The van der Waals surface area contributed by atoms with Gasteiger partial charge in [-0.05, 0) is 126 Å². The third-order valence-corrected chi connectivity index (χ3v) is 9.57. The van der Waals surface area contributed by atoms with E-state index >= 15 is 0 Å². The first-order valence-electron chi connectivity index (χ1n) is 15.5. The number of furan rings is 1. The van der Waals surface area contributed by atoms with Crippen molar-refractivity contribution in [2.24, 2.45) is 0 Å². The van der Waals surface area contributed by atoms with E-state index in [1.165, 1.54) is 77.2 Å². The molecule has 10 rings (SSSR count). The number of hydrogen-bond donors (Lipinski definition) is 0. The minimum absolute atomic E-state index is 0.915. The molecule has 0 saturated heterocycles. The molecule has 1 aliphatic carbocycles. The van der Waals surface area contributed by atoms with Gasteiger partial charge >= 0.3 is 0 Å². The van der Waals surface area contributed by atoms with Gasteiger partial charge in [-0.15, -0.1) is 0 Å². The average molecular weight is 571 g/mol. The Bertz CT molecular complexity index is 2640. The minimum Gasteiger partial charge on any atom is -0.456 e. The molecule has 1 heteroatoms. The quantitative estimate of drug-likeness (QED) is 0.206. The van der Waals surface area contributed by atoms with E-state index in [2.05, 4.69) is 158 Å². The Morgan fingerprint density at radius 1 is 0.289 bits per heavy atom. The molecule has 1 aliphatic rings. The van der Waals surface area contributed by atoms with Gasteiger partial charge in [-0.2, -0.15) is 0 Å². The van der Waals surface area contributed by atoms with Crippen LogP contribution in [0.1, 0.15) is 0 Å². The Balaban J connectivity index is 1.05. The highest BCUT2D eigenvalue weighted by Crippen LogP contribution is 2.48. The summed E-state index contributed by atoms with van der Waals surface area (Å²) in [7, 11) is 0. The van der Waals surface area contributed by atoms with Crippen LogP contribution in [0.4, 0.5) is 0 Å². The summed E-state index contributed by atoms with van der Waals surface area (Å²) >= 11 is 0. The van der Waals surface area contributed by atoms with Crippen molar-refractivity contribution in [1.82, 2.24) is 0 Å². The molecule has 0 spiro atoms. The molecule has 0 amide bonds. The second-order valence-corrected chi connectivity index (χ2v) is 12.1. The first-order valence-corrected chi connectivity index (χ1v) is 15.5. The molecule has 0 aliphatic heterocycles. The SMILES string of the molecule is c1ccc(-c2ccc3oc4ccc(-c5ccc6cc(-c7cc8c9c(cccc9c7)-c7ccccc7-8)ccc6c5)cc4c3c2)cc1. The van der Waals surface area contributed by atoms with E-state index in [-0.39, 0.29) is 0 Å². The van der Waals surface area contributed by atoms with Crippen LogP contribution in [0.2, 0.25) is 0 Å². The van der Waals surface area contributed by atoms with E-state index in [1.807, 2.05) is 0 Å². The first-order chi connectivity index (χ1) is 22.3. The molecule has 9 aromatic rings. The van der Waals surface area contributed by atoms with E-state index in [0.717, 1.165) is 21.9 Å². The van der Waals surface area contributed by atoms with Gasteiger partial charge in [-0.25, -0.2) is 0 Å². The molecule has 208 valence electrons. The Hall–Kier alpha value is -5.92. The minimum atomic E-state index is 0.915. The summed E-state index contributed by atoms with van der Waals surface area (Å²) in [4.78, 5) is 0. The van der Waals surface area contributed by atoms with Gasteiger partial charge in [0.25, 0.3) is 0 Å². The summed E-state index contributed by atoms with van der Waals surface area (Å²) in [5.41, 5.74) is 14.5. The largest absolute Gasteiger partial charge is 0.456 e. The molecule has 1 heterocycles. The van der Waals surface area contributed by atoms with Crippen molar-refractivity contribution in [3.05, 3.63) is 158 Å². The fourth-order valence-corrected chi connectivity index (χ4v) is 7.36. The lowest BCUT2D eigenvalue weighted by molar-refractivity contribution is 0.669.